The largest absolute Gasteiger partial charge is 0.389 e. The van der Waals surface area contributed by atoms with Crippen LogP contribution in [-0.4, -0.2) is 9.97 Å². The lowest BCUT2D eigenvalue weighted by Gasteiger charge is -2.06. The molecule has 0 bridgehead atoms. The van der Waals surface area contributed by atoms with Gasteiger partial charge in [-0.3, -0.25) is 4.98 Å². The Morgan fingerprint density at radius 3 is 2.53 bits per heavy atom. The highest BCUT2D eigenvalue weighted by atomic mass is 32.1. The number of benzene rings is 1. The summed E-state index contributed by atoms with van der Waals surface area (Å²) >= 11 is 5.00. The highest BCUT2D eigenvalue weighted by molar-refractivity contribution is 7.80. The Hall–Kier alpha value is -1.74. The van der Waals surface area contributed by atoms with Crippen LogP contribution >= 0.6 is 12.2 Å². The van der Waals surface area contributed by atoms with Crippen molar-refractivity contribution in [2.75, 3.05) is 0 Å². The van der Waals surface area contributed by atoms with E-state index in [0.29, 0.717) is 4.99 Å². The van der Waals surface area contributed by atoms with Gasteiger partial charge in [-0.05, 0) is 11.6 Å². The Bertz CT molecular complexity index is 480. The van der Waals surface area contributed by atoms with Gasteiger partial charge in [0.05, 0.1) is 0 Å². The smallest absolute Gasteiger partial charge is 0.104 e. The second-order valence-corrected chi connectivity index (χ2v) is 3.59. The lowest BCUT2D eigenvalue weighted by Crippen LogP contribution is -2.10. The van der Waals surface area contributed by atoms with E-state index in [9.17, 15) is 0 Å². The van der Waals surface area contributed by atoms with E-state index in [4.69, 9.17) is 18.0 Å². The van der Waals surface area contributed by atoms with Crippen molar-refractivity contribution in [3.63, 3.8) is 0 Å². The van der Waals surface area contributed by atoms with Crippen LogP contribution in [0.1, 0.15) is 5.56 Å². The second kappa shape index (κ2) is 4.19. The van der Waals surface area contributed by atoms with Gasteiger partial charge in [0, 0.05) is 23.5 Å². The van der Waals surface area contributed by atoms with Gasteiger partial charge in [-0.2, -0.15) is 0 Å². The van der Waals surface area contributed by atoms with E-state index in [1.165, 1.54) is 0 Å². The van der Waals surface area contributed by atoms with Crippen LogP contribution in [-0.2, 0) is 0 Å². The molecule has 1 aromatic heterocycles. The molecular weight excluding hydrogens is 204 g/mol. The number of pyridine rings is 1. The fraction of sp³-hybridized carbons (Fsp3) is 0. The summed E-state index contributed by atoms with van der Waals surface area (Å²) in [5, 5.41) is 0. The molecule has 0 unspecified atom stereocenters. The first kappa shape index (κ1) is 9.80. The summed E-state index contributed by atoms with van der Waals surface area (Å²) in [6.07, 6.45) is 3.48. The maximum absolute atomic E-state index is 5.66. The number of thiocarbonyl (C=S) groups is 1. The number of rotatable bonds is 2. The molecule has 0 aliphatic heterocycles. The van der Waals surface area contributed by atoms with Crippen molar-refractivity contribution in [3.05, 3.63) is 54.4 Å². The Morgan fingerprint density at radius 1 is 1.13 bits per heavy atom. The zero-order valence-corrected chi connectivity index (χ0v) is 8.87. The summed E-state index contributed by atoms with van der Waals surface area (Å²) in [6.45, 7) is 0. The van der Waals surface area contributed by atoms with E-state index in [-0.39, 0.29) is 0 Å². The third kappa shape index (κ3) is 2.02. The topological polar surface area (TPSA) is 38.9 Å². The fourth-order valence-electron chi connectivity index (χ4n) is 1.46. The third-order valence-electron chi connectivity index (χ3n) is 2.17. The van der Waals surface area contributed by atoms with Crippen LogP contribution in [0.3, 0.4) is 0 Å². The summed E-state index contributed by atoms with van der Waals surface area (Å²) in [4.78, 5) is 4.49. The number of hydrogen-bond acceptors (Lipinski definition) is 2. The third-order valence-corrected chi connectivity index (χ3v) is 2.39. The lowest BCUT2D eigenvalue weighted by molar-refractivity contribution is 1.32. The lowest BCUT2D eigenvalue weighted by atomic mass is 10.0. The summed E-state index contributed by atoms with van der Waals surface area (Å²) in [6, 6.07) is 11.8. The van der Waals surface area contributed by atoms with Gasteiger partial charge in [0.25, 0.3) is 0 Å². The van der Waals surface area contributed by atoms with E-state index in [0.717, 1.165) is 16.7 Å². The van der Waals surface area contributed by atoms with Crippen LogP contribution in [0.15, 0.2) is 48.8 Å². The molecule has 0 saturated carbocycles. The quantitative estimate of drug-likeness (QED) is 0.780. The molecule has 0 aliphatic carbocycles. The van der Waals surface area contributed by atoms with Crippen LogP contribution in [0.2, 0.25) is 0 Å². The van der Waals surface area contributed by atoms with Gasteiger partial charge in [0.15, 0.2) is 0 Å². The molecule has 0 atom stereocenters. The molecule has 2 aromatic rings. The van der Waals surface area contributed by atoms with Crippen LogP contribution in [0.5, 0.6) is 0 Å². The second-order valence-electron chi connectivity index (χ2n) is 3.15. The fourth-order valence-corrected chi connectivity index (χ4v) is 1.64. The molecule has 0 fully saturated rings. The Morgan fingerprint density at radius 2 is 1.87 bits per heavy atom. The predicted octanol–water partition coefficient (Wildman–Crippen LogP) is 2.38. The molecule has 2 N–H and O–H groups in total. The van der Waals surface area contributed by atoms with Gasteiger partial charge in [0.1, 0.15) is 4.99 Å². The van der Waals surface area contributed by atoms with Gasteiger partial charge in [-0.25, -0.2) is 0 Å². The van der Waals surface area contributed by atoms with Crippen LogP contribution < -0.4 is 5.73 Å². The number of hydrogen-bond donors (Lipinski definition) is 1. The molecule has 74 valence electrons. The van der Waals surface area contributed by atoms with E-state index in [2.05, 4.69) is 4.98 Å². The maximum atomic E-state index is 5.66. The molecule has 1 aromatic carbocycles. The minimum absolute atomic E-state index is 0.399. The zero-order valence-electron chi connectivity index (χ0n) is 8.05. The zero-order chi connectivity index (χ0) is 10.7. The Balaban J connectivity index is 2.58. The molecule has 15 heavy (non-hydrogen) atoms. The standard InChI is InChI=1S/C12H10N2S/c13-12(15)10-6-7-14-8-11(10)9-4-2-1-3-5-9/h1-8H,(H2,13,15). The number of nitrogens with zero attached hydrogens (tertiary/aromatic N) is 1. The van der Waals surface area contributed by atoms with E-state index >= 15 is 0 Å². The Kier molecular flexibility index (Phi) is 2.74. The molecule has 0 spiro atoms. The summed E-state index contributed by atoms with van der Waals surface area (Å²) in [5.74, 6) is 0. The molecule has 1 heterocycles. The molecule has 0 amide bonds. The van der Waals surface area contributed by atoms with E-state index in [1.807, 2.05) is 36.4 Å². The average Bonchev–Trinajstić information content (AvgIpc) is 2.30. The number of aromatic nitrogens is 1. The van der Waals surface area contributed by atoms with Crippen molar-refractivity contribution in [2.45, 2.75) is 0 Å². The molecule has 0 radical (unpaired) electrons. The first-order valence-electron chi connectivity index (χ1n) is 4.58. The summed E-state index contributed by atoms with van der Waals surface area (Å²) in [5.41, 5.74) is 8.58. The van der Waals surface area contributed by atoms with Crippen molar-refractivity contribution in [1.82, 2.24) is 4.98 Å². The first-order chi connectivity index (χ1) is 7.29. The van der Waals surface area contributed by atoms with Crippen LogP contribution in [0, 0.1) is 0 Å². The highest BCUT2D eigenvalue weighted by Crippen LogP contribution is 2.21. The molecule has 0 aliphatic rings. The van der Waals surface area contributed by atoms with Gasteiger partial charge in [-0.1, -0.05) is 42.5 Å². The van der Waals surface area contributed by atoms with Crippen molar-refractivity contribution in [1.29, 1.82) is 0 Å². The van der Waals surface area contributed by atoms with Crippen molar-refractivity contribution < 1.29 is 0 Å². The van der Waals surface area contributed by atoms with Gasteiger partial charge < -0.3 is 5.73 Å². The van der Waals surface area contributed by atoms with Gasteiger partial charge in [0.2, 0.25) is 0 Å². The monoisotopic (exact) mass is 214 g/mol. The van der Waals surface area contributed by atoms with Crippen LogP contribution in [0.4, 0.5) is 0 Å². The van der Waals surface area contributed by atoms with Crippen LogP contribution in [0.25, 0.3) is 11.1 Å². The van der Waals surface area contributed by atoms with E-state index in [1.54, 1.807) is 12.4 Å². The summed E-state index contributed by atoms with van der Waals surface area (Å²) < 4.78 is 0. The van der Waals surface area contributed by atoms with Gasteiger partial charge in [-0.15, -0.1) is 0 Å². The van der Waals surface area contributed by atoms with Crippen molar-refractivity contribution >= 4 is 17.2 Å². The van der Waals surface area contributed by atoms with Gasteiger partial charge >= 0.3 is 0 Å². The molecule has 0 saturated heterocycles. The predicted molar refractivity (Wildman–Crippen MR) is 65.6 cm³/mol. The first-order valence-corrected chi connectivity index (χ1v) is 4.99. The normalized spacial score (nSPS) is 9.87. The minimum atomic E-state index is 0.399. The summed E-state index contributed by atoms with van der Waals surface area (Å²) in [7, 11) is 0. The highest BCUT2D eigenvalue weighted by Gasteiger charge is 2.05. The minimum Gasteiger partial charge on any atom is -0.389 e. The SMILES string of the molecule is NC(=S)c1ccncc1-c1ccccc1. The molecule has 3 heteroatoms. The van der Waals surface area contributed by atoms with Crippen molar-refractivity contribution in [2.24, 2.45) is 5.73 Å². The molecule has 2 rings (SSSR count). The molecule has 2 nitrogen and oxygen atoms in total. The van der Waals surface area contributed by atoms with Crippen molar-refractivity contribution in [3.8, 4) is 11.1 Å². The Labute approximate surface area is 93.8 Å². The molecular formula is C12H10N2S. The number of nitrogens with two attached hydrogens (primary N) is 1. The van der Waals surface area contributed by atoms with E-state index < -0.39 is 0 Å². The maximum Gasteiger partial charge on any atom is 0.104 e. The average molecular weight is 214 g/mol.